The molecule has 0 radical (unpaired) electrons. The van der Waals surface area contributed by atoms with Gasteiger partial charge in [-0.2, -0.15) is 0 Å². The minimum atomic E-state index is -0.592. The molecule has 0 amide bonds. The molecule has 1 saturated heterocycles. The van der Waals surface area contributed by atoms with Crippen molar-refractivity contribution < 1.29 is 14.3 Å². The maximum atomic E-state index is 12.1. The second-order valence-electron chi connectivity index (χ2n) is 7.38. The molecule has 3 heteroatoms. The number of esters is 2. The van der Waals surface area contributed by atoms with Crippen LogP contribution >= 0.6 is 0 Å². The van der Waals surface area contributed by atoms with Crippen molar-refractivity contribution in [1.82, 2.24) is 0 Å². The summed E-state index contributed by atoms with van der Waals surface area (Å²) < 4.78 is 4.81. The Balaban J connectivity index is 1.98. The Bertz CT molecular complexity index is 576. The number of hydrogen-bond donors (Lipinski definition) is 0. The lowest BCUT2D eigenvalue weighted by molar-refractivity contribution is -0.155. The molecule has 0 aromatic heterocycles. The van der Waals surface area contributed by atoms with E-state index in [4.69, 9.17) is 4.74 Å². The van der Waals surface area contributed by atoms with Gasteiger partial charge < -0.3 is 4.74 Å². The molecule has 1 aliphatic heterocycles. The summed E-state index contributed by atoms with van der Waals surface area (Å²) in [4.78, 5) is 23.5. The maximum Gasteiger partial charge on any atom is 0.320 e. The third kappa shape index (κ3) is 4.43. The first kappa shape index (κ1) is 17.7. The van der Waals surface area contributed by atoms with E-state index in [1.165, 1.54) is 16.7 Å². The van der Waals surface area contributed by atoms with Crippen LogP contribution in [0.5, 0.6) is 0 Å². The first-order valence-electron chi connectivity index (χ1n) is 8.53. The number of allylic oxidation sites excluding steroid dienone is 6. The van der Waals surface area contributed by atoms with E-state index in [-0.39, 0.29) is 18.4 Å². The van der Waals surface area contributed by atoms with Crippen LogP contribution in [-0.4, -0.2) is 11.9 Å². The maximum absolute atomic E-state index is 12.1. The first-order chi connectivity index (χ1) is 10.8. The van der Waals surface area contributed by atoms with Crippen LogP contribution in [0.4, 0.5) is 0 Å². The van der Waals surface area contributed by atoms with Gasteiger partial charge in [-0.05, 0) is 65.7 Å². The molecule has 0 aromatic carbocycles. The molecule has 1 spiro atoms. The molecule has 1 heterocycles. The van der Waals surface area contributed by atoms with Crippen molar-refractivity contribution >= 4 is 11.9 Å². The number of hydrogen-bond acceptors (Lipinski definition) is 3. The van der Waals surface area contributed by atoms with Gasteiger partial charge in [-0.15, -0.1) is 0 Å². The highest BCUT2D eigenvalue weighted by molar-refractivity contribution is 5.97. The zero-order valence-electron chi connectivity index (χ0n) is 14.8. The molecule has 2 aliphatic rings. The normalized spacial score (nSPS) is 27.9. The highest BCUT2D eigenvalue weighted by atomic mass is 16.6. The summed E-state index contributed by atoms with van der Waals surface area (Å²) in [6.45, 7) is 8.54. The SMILES string of the molecule is CC(C)=CCCC(C)=CCC1CC2(CC=C1C)CC(=O)OC2=O. The average molecular weight is 316 g/mol. The minimum absolute atomic E-state index is 0.245. The fraction of sp³-hybridized carbons (Fsp3) is 0.600. The van der Waals surface area contributed by atoms with Crippen LogP contribution in [0.1, 0.15) is 66.2 Å². The van der Waals surface area contributed by atoms with Gasteiger partial charge in [-0.25, -0.2) is 0 Å². The van der Waals surface area contributed by atoms with Crippen LogP contribution in [0.2, 0.25) is 0 Å². The lowest BCUT2D eigenvalue weighted by atomic mass is 9.68. The number of cyclic esters (lactones) is 2. The largest absolute Gasteiger partial charge is 0.393 e. The van der Waals surface area contributed by atoms with Gasteiger partial charge in [-0.1, -0.05) is 34.9 Å². The van der Waals surface area contributed by atoms with Crippen LogP contribution in [0.3, 0.4) is 0 Å². The van der Waals surface area contributed by atoms with Gasteiger partial charge in [0.25, 0.3) is 0 Å². The van der Waals surface area contributed by atoms with E-state index in [1.54, 1.807) is 0 Å². The molecule has 1 fully saturated rings. The topological polar surface area (TPSA) is 43.4 Å². The van der Waals surface area contributed by atoms with Gasteiger partial charge >= 0.3 is 11.9 Å². The summed E-state index contributed by atoms with van der Waals surface area (Å²) in [6.07, 6.45) is 11.4. The van der Waals surface area contributed by atoms with Crippen LogP contribution in [0, 0.1) is 11.3 Å². The van der Waals surface area contributed by atoms with Gasteiger partial charge in [0.2, 0.25) is 0 Å². The summed E-state index contributed by atoms with van der Waals surface area (Å²) in [5.74, 6) is -0.351. The predicted molar refractivity (Wildman–Crippen MR) is 91.7 cm³/mol. The second kappa shape index (κ2) is 7.29. The summed E-state index contributed by atoms with van der Waals surface area (Å²) in [7, 11) is 0. The van der Waals surface area contributed by atoms with Crippen molar-refractivity contribution in [3.8, 4) is 0 Å². The fourth-order valence-corrected chi connectivity index (χ4v) is 3.45. The number of ether oxygens (including phenoxy) is 1. The van der Waals surface area contributed by atoms with Crippen molar-refractivity contribution in [1.29, 1.82) is 0 Å². The summed E-state index contributed by atoms with van der Waals surface area (Å²) >= 11 is 0. The lowest BCUT2D eigenvalue weighted by Crippen LogP contribution is -2.32. The molecule has 1 aliphatic carbocycles. The minimum Gasteiger partial charge on any atom is -0.393 e. The Morgan fingerprint density at radius 1 is 1.30 bits per heavy atom. The predicted octanol–water partition coefficient (Wildman–Crippen LogP) is 4.89. The van der Waals surface area contributed by atoms with E-state index in [1.807, 2.05) is 0 Å². The van der Waals surface area contributed by atoms with E-state index >= 15 is 0 Å². The monoisotopic (exact) mass is 316 g/mol. The zero-order valence-corrected chi connectivity index (χ0v) is 14.8. The van der Waals surface area contributed by atoms with Crippen molar-refractivity contribution in [2.24, 2.45) is 11.3 Å². The molecule has 0 N–H and O–H groups in total. The van der Waals surface area contributed by atoms with Crippen LogP contribution in [-0.2, 0) is 14.3 Å². The number of rotatable bonds is 5. The molecule has 0 saturated carbocycles. The Hall–Kier alpha value is -1.64. The van der Waals surface area contributed by atoms with E-state index in [9.17, 15) is 9.59 Å². The van der Waals surface area contributed by atoms with E-state index in [0.29, 0.717) is 12.3 Å². The van der Waals surface area contributed by atoms with Gasteiger partial charge in [0.05, 0.1) is 11.8 Å². The van der Waals surface area contributed by atoms with Crippen LogP contribution in [0.15, 0.2) is 34.9 Å². The first-order valence-corrected chi connectivity index (χ1v) is 8.53. The standard InChI is InChI=1S/C20H28O3/c1-14(2)6-5-7-15(3)8-9-17-12-20(11-10-16(17)4)13-18(21)23-19(20)22/h6,8,10,17H,5,7,9,11-13H2,1-4H3. The van der Waals surface area contributed by atoms with Crippen molar-refractivity contribution in [2.75, 3.05) is 0 Å². The average Bonchev–Trinajstić information content (AvgIpc) is 2.74. The van der Waals surface area contributed by atoms with Crippen molar-refractivity contribution in [3.63, 3.8) is 0 Å². The second-order valence-corrected chi connectivity index (χ2v) is 7.38. The van der Waals surface area contributed by atoms with E-state index in [2.05, 4.69) is 45.9 Å². The highest BCUT2D eigenvalue weighted by Crippen LogP contribution is 2.46. The Labute approximate surface area is 139 Å². The molecule has 2 rings (SSSR count). The van der Waals surface area contributed by atoms with Crippen LogP contribution in [0.25, 0.3) is 0 Å². The van der Waals surface area contributed by atoms with Gasteiger partial charge in [0.1, 0.15) is 0 Å². The Morgan fingerprint density at radius 2 is 2.04 bits per heavy atom. The van der Waals surface area contributed by atoms with E-state index < -0.39 is 5.41 Å². The van der Waals surface area contributed by atoms with Gasteiger partial charge in [0.15, 0.2) is 0 Å². The lowest BCUT2D eigenvalue weighted by Gasteiger charge is -2.32. The molecular weight excluding hydrogens is 288 g/mol. The molecule has 3 nitrogen and oxygen atoms in total. The molecule has 0 bridgehead atoms. The summed E-state index contributed by atoms with van der Waals surface area (Å²) in [5, 5.41) is 0. The Morgan fingerprint density at radius 3 is 2.65 bits per heavy atom. The molecule has 2 atom stereocenters. The Kier molecular flexibility index (Phi) is 5.61. The molecule has 0 aromatic rings. The zero-order chi connectivity index (χ0) is 17.0. The smallest absolute Gasteiger partial charge is 0.320 e. The van der Waals surface area contributed by atoms with Crippen molar-refractivity contribution in [2.45, 2.75) is 66.2 Å². The van der Waals surface area contributed by atoms with E-state index in [0.717, 1.165) is 25.7 Å². The number of carbonyl (C=O) groups is 2. The number of carbonyl (C=O) groups excluding carboxylic acids is 2. The van der Waals surface area contributed by atoms with Gasteiger partial charge in [0, 0.05) is 0 Å². The quantitative estimate of drug-likeness (QED) is 0.412. The molecular formula is C20H28O3. The molecule has 2 unspecified atom stereocenters. The summed E-state index contributed by atoms with van der Waals surface area (Å²) in [5.41, 5.74) is 3.48. The summed E-state index contributed by atoms with van der Waals surface area (Å²) in [6, 6.07) is 0. The van der Waals surface area contributed by atoms with Crippen LogP contribution < -0.4 is 0 Å². The van der Waals surface area contributed by atoms with Crippen molar-refractivity contribution in [3.05, 3.63) is 34.9 Å². The fourth-order valence-electron chi connectivity index (χ4n) is 3.45. The molecule has 23 heavy (non-hydrogen) atoms. The highest BCUT2D eigenvalue weighted by Gasteiger charge is 2.50. The molecule has 126 valence electrons. The van der Waals surface area contributed by atoms with Gasteiger partial charge in [-0.3, -0.25) is 9.59 Å². The third-order valence-electron chi connectivity index (χ3n) is 5.06. The third-order valence-corrected chi connectivity index (χ3v) is 5.06.